The van der Waals surface area contributed by atoms with Gasteiger partial charge in [0.2, 0.25) is 0 Å². The minimum absolute atomic E-state index is 0.0550. The Hall–Kier alpha value is -2.94. The summed E-state index contributed by atoms with van der Waals surface area (Å²) in [6, 6.07) is 8.81. The molecule has 0 radical (unpaired) electrons. The van der Waals surface area contributed by atoms with Crippen LogP contribution < -0.4 is 10.1 Å². The average Bonchev–Trinajstić information content (AvgIpc) is 2.76. The molecule has 1 fully saturated rings. The molecule has 2 aromatic carbocycles. The lowest BCUT2D eigenvalue weighted by molar-refractivity contribution is -0.274. The molecule has 1 saturated carbocycles. The van der Waals surface area contributed by atoms with E-state index in [0.29, 0.717) is 11.8 Å². The van der Waals surface area contributed by atoms with Crippen molar-refractivity contribution < 1.29 is 36.7 Å². The van der Waals surface area contributed by atoms with Gasteiger partial charge in [-0.3, -0.25) is 9.59 Å². The maximum absolute atomic E-state index is 13.0. The summed E-state index contributed by atoms with van der Waals surface area (Å²) in [5, 5.41) is 2.85. The lowest BCUT2D eigenvalue weighted by Gasteiger charge is -2.33. The van der Waals surface area contributed by atoms with Gasteiger partial charge in [-0.1, -0.05) is 30.7 Å². The highest BCUT2D eigenvalue weighted by molar-refractivity contribution is 6.31. The molecule has 178 valence electrons. The summed E-state index contributed by atoms with van der Waals surface area (Å²) >= 11 is 5.66. The Morgan fingerprint density at radius 2 is 1.82 bits per heavy atom. The molecule has 0 aliphatic heterocycles. The lowest BCUT2D eigenvalue weighted by Crippen LogP contribution is -2.40. The van der Waals surface area contributed by atoms with Gasteiger partial charge in [-0.15, -0.1) is 13.2 Å². The molecule has 0 aromatic heterocycles. The molecule has 3 rings (SSSR count). The van der Waals surface area contributed by atoms with Crippen LogP contribution in [-0.4, -0.2) is 30.9 Å². The summed E-state index contributed by atoms with van der Waals surface area (Å²) in [5.41, 5.74) is 0.224. The molecule has 1 amide bonds. The van der Waals surface area contributed by atoms with Crippen molar-refractivity contribution in [2.75, 3.05) is 0 Å². The molecule has 1 aliphatic rings. The first-order valence-electron chi connectivity index (χ1n) is 9.98. The van der Waals surface area contributed by atoms with E-state index in [-0.39, 0.29) is 28.0 Å². The Kier molecular flexibility index (Phi) is 8.99. The van der Waals surface area contributed by atoms with E-state index in [0.717, 1.165) is 44.1 Å². The summed E-state index contributed by atoms with van der Waals surface area (Å²) in [6.45, 7) is 1.94. The average molecular weight is 488 g/mol. The van der Waals surface area contributed by atoms with Crippen molar-refractivity contribution in [3.8, 4) is 5.75 Å². The fourth-order valence-electron chi connectivity index (χ4n) is 3.23. The van der Waals surface area contributed by atoms with Crippen molar-refractivity contribution >= 4 is 30.1 Å². The van der Waals surface area contributed by atoms with E-state index < -0.39 is 17.9 Å². The largest absolute Gasteiger partial charge is 0.573 e. The fraction of sp³-hybridized carbons (Fsp3) is 0.348. The van der Waals surface area contributed by atoms with Gasteiger partial charge in [0.15, 0.2) is 0 Å². The van der Waals surface area contributed by atoms with Crippen LogP contribution in [0.3, 0.4) is 0 Å². The highest BCUT2D eigenvalue weighted by Crippen LogP contribution is 2.34. The molecule has 0 spiro atoms. The molecule has 0 heterocycles. The quantitative estimate of drug-likeness (QED) is 0.430. The molecule has 0 unspecified atom stereocenters. The minimum atomic E-state index is -4.72. The predicted molar refractivity (Wildman–Crippen MR) is 114 cm³/mol. The molecule has 0 bridgehead atoms. The Morgan fingerprint density at radius 1 is 1.15 bits per heavy atom. The molecule has 1 N–H and O–H groups in total. The van der Waals surface area contributed by atoms with Crippen molar-refractivity contribution in [2.24, 2.45) is 5.41 Å². The van der Waals surface area contributed by atoms with E-state index in [4.69, 9.17) is 11.6 Å². The Balaban J connectivity index is 0.000000257. The topological polar surface area (TPSA) is 72.5 Å². The molecular formula is C23H22ClF4NO4. The van der Waals surface area contributed by atoms with Crippen molar-refractivity contribution in [1.29, 1.82) is 0 Å². The van der Waals surface area contributed by atoms with E-state index >= 15 is 0 Å². The first kappa shape index (κ1) is 26.3. The maximum Gasteiger partial charge on any atom is 0.573 e. The number of rotatable bonds is 5. The van der Waals surface area contributed by atoms with E-state index in [2.05, 4.69) is 10.1 Å². The zero-order chi connectivity index (χ0) is 24.6. The second kappa shape index (κ2) is 11.3. The maximum atomic E-state index is 13.0. The van der Waals surface area contributed by atoms with Crippen LogP contribution in [0.15, 0.2) is 42.5 Å². The third kappa shape index (κ3) is 8.49. The number of hydrogen-bond donors (Lipinski definition) is 1. The van der Waals surface area contributed by atoms with Crippen LogP contribution in [0.2, 0.25) is 5.02 Å². The number of amides is 1. The number of aldehydes is 2. The molecule has 1 aliphatic carbocycles. The molecule has 33 heavy (non-hydrogen) atoms. The Labute approximate surface area is 193 Å². The van der Waals surface area contributed by atoms with E-state index in [9.17, 15) is 31.9 Å². The minimum Gasteiger partial charge on any atom is -0.406 e. The third-order valence-electron chi connectivity index (χ3n) is 5.16. The molecule has 0 saturated heterocycles. The van der Waals surface area contributed by atoms with Crippen LogP contribution in [-0.2, 0) is 4.79 Å². The fourth-order valence-corrected chi connectivity index (χ4v) is 3.41. The van der Waals surface area contributed by atoms with Crippen molar-refractivity contribution in [3.63, 3.8) is 0 Å². The van der Waals surface area contributed by atoms with Crippen molar-refractivity contribution in [1.82, 2.24) is 5.32 Å². The van der Waals surface area contributed by atoms with Gasteiger partial charge < -0.3 is 14.8 Å². The first-order valence-corrected chi connectivity index (χ1v) is 10.4. The van der Waals surface area contributed by atoms with Crippen LogP contribution in [0.25, 0.3) is 0 Å². The molecule has 2 aromatic rings. The number of carbonyl (C=O) groups excluding carboxylic acids is 3. The van der Waals surface area contributed by atoms with E-state index in [1.165, 1.54) is 30.3 Å². The zero-order valence-electron chi connectivity index (χ0n) is 17.6. The number of ether oxygens (including phenoxy) is 1. The highest BCUT2D eigenvalue weighted by atomic mass is 35.5. The van der Waals surface area contributed by atoms with E-state index in [1.807, 2.05) is 6.92 Å². The number of carbonyl (C=O) groups is 3. The zero-order valence-corrected chi connectivity index (χ0v) is 18.4. The molecule has 0 atom stereocenters. The molecule has 5 nitrogen and oxygen atoms in total. The lowest BCUT2D eigenvalue weighted by atomic mass is 9.75. The van der Waals surface area contributed by atoms with Gasteiger partial charge in [-0.25, -0.2) is 4.39 Å². The monoisotopic (exact) mass is 487 g/mol. The van der Waals surface area contributed by atoms with Gasteiger partial charge in [0.25, 0.3) is 5.91 Å². The van der Waals surface area contributed by atoms with Crippen LogP contribution in [0, 0.1) is 11.2 Å². The summed E-state index contributed by atoms with van der Waals surface area (Å²) in [7, 11) is 0. The predicted octanol–water partition coefficient (Wildman–Crippen LogP) is 5.75. The summed E-state index contributed by atoms with van der Waals surface area (Å²) in [5.74, 6) is -1.19. The number of nitrogens with one attached hydrogen (secondary N) is 1. The van der Waals surface area contributed by atoms with Crippen molar-refractivity contribution in [3.05, 3.63) is 64.4 Å². The third-order valence-corrected chi connectivity index (χ3v) is 5.45. The smallest absolute Gasteiger partial charge is 0.406 e. The number of benzene rings is 2. The van der Waals surface area contributed by atoms with Crippen LogP contribution in [0.5, 0.6) is 5.75 Å². The van der Waals surface area contributed by atoms with Gasteiger partial charge in [-0.2, -0.15) is 0 Å². The van der Waals surface area contributed by atoms with Crippen LogP contribution in [0.1, 0.15) is 53.3 Å². The Morgan fingerprint density at radius 3 is 2.36 bits per heavy atom. The first-order chi connectivity index (χ1) is 15.4. The highest BCUT2D eigenvalue weighted by Gasteiger charge is 2.32. The number of alkyl halides is 3. The van der Waals surface area contributed by atoms with Gasteiger partial charge in [0.1, 0.15) is 24.1 Å². The van der Waals surface area contributed by atoms with Gasteiger partial charge in [0, 0.05) is 22.6 Å². The summed E-state index contributed by atoms with van der Waals surface area (Å²) in [6.07, 6.45) is -0.182. The van der Waals surface area contributed by atoms with Gasteiger partial charge >= 0.3 is 6.36 Å². The second-order valence-corrected chi connectivity index (χ2v) is 8.29. The Bertz CT molecular complexity index is 989. The van der Waals surface area contributed by atoms with Gasteiger partial charge in [-0.05, 0) is 56.0 Å². The van der Waals surface area contributed by atoms with Gasteiger partial charge in [0.05, 0.1) is 5.02 Å². The normalized spacial score (nSPS) is 20.1. The van der Waals surface area contributed by atoms with Crippen LogP contribution in [0.4, 0.5) is 17.6 Å². The van der Waals surface area contributed by atoms with Crippen molar-refractivity contribution in [2.45, 2.75) is 45.0 Å². The molecular weight excluding hydrogens is 466 g/mol. The second-order valence-electron chi connectivity index (χ2n) is 7.89. The number of hydrogen-bond acceptors (Lipinski definition) is 4. The number of halogens is 5. The summed E-state index contributed by atoms with van der Waals surface area (Å²) < 4.78 is 51.6. The van der Waals surface area contributed by atoms with E-state index in [1.54, 1.807) is 0 Å². The van der Waals surface area contributed by atoms with Crippen LogP contribution >= 0.6 is 11.6 Å². The SMILES string of the molecule is CC1(C=O)CCC(NC(=O)c2ccc(F)c(Cl)c2)CC1.O=Cc1cccc(OC(F)(F)F)c1. The summed E-state index contributed by atoms with van der Waals surface area (Å²) in [4.78, 5) is 33.2. The molecule has 10 heteroatoms. The standard InChI is InChI=1S/C15H17ClFNO2.C8H5F3O2/c1-15(9-19)6-4-11(5-7-15)18-14(20)10-2-3-13(17)12(16)8-10;9-8(10,11)13-7-3-1-2-6(4-7)5-12/h2-3,8-9,11H,4-7H2,1H3,(H,18,20);1-5H.